The smallest absolute Gasteiger partial charge is 0.150 e. The lowest BCUT2D eigenvalue weighted by molar-refractivity contribution is 0.112. The number of carbonyl (C=O) groups excluding carboxylic acids is 1. The van der Waals surface area contributed by atoms with Crippen LogP contribution in [0, 0.1) is 0 Å². The van der Waals surface area contributed by atoms with Gasteiger partial charge in [-0.1, -0.05) is 25.1 Å². The molecule has 76 valence electrons. The van der Waals surface area contributed by atoms with Gasteiger partial charge in [-0.15, -0.1) is 0 Å². The van der Waals surface area contributed by atoms with E-state index >= 15 is 0 Å². The van der Waals surface area contributed by atoms with Gasteiger partial charge < -0.3 is 4.98 Å². The summed E-state index contributed by atoms with van der Waals surface area (Å²) in [6.07, 6.45) is 4.40. The van der Waals surface area contributed by atoms with Crippen LogP contribution in [0.25, 0.3) is 0 Å². The molecule has 0 saturated heterocycles. The lowest BCUT2D eigenvalue weighted by atomic mass is 9.97. The van der Waals surface area contributed by atoms with Crippen molar-refractivity contribution < 1.29 is 4.79 Å². The number of H-pyrrole nitrogens is 1. The van der Waals surface area contributed by atoms with Crippen LogP contribution in [-0.2, 0) is 0 Å². The molecule has 0 bridgehead atoms. The summed E-state index contributed by atoms with van der Waals surface area (Å²) in [6.45, 7) is 2.07. The lowest BCUT2D eigenvalue weighted by Crippen LogP contribution is -1.97. The number of hydrogen-bond donors (Lipinski definition) is 1. The van der Waals surface area contributed by atoms with Crippen molar-refractivity contribution in [1.29, 1.82) is 0 Å². The van der Waals surface area contributed by atoms with Crippen LogP contribution in [0.1, 0.15) is 34.5 Å². The average molecular weight is 200 g/mol. The van der Waals surface area contributed by atoms with E-state index in [1.165, 1.54) is 0 Å². The molecule has 1 unspecified atom stereocenters. The molecule has 3 nitrogen and oxygen atoms in total. The Labute approximate surface area is 88.2 Å². The second-order valence-corrected chi connectivity index (χ2v) is 3.50. The molecule has 15 heavy (non-hydrogen) atoms. The van der Waals surface area contributed by atoms with Crippen molar-refractivity contribution in [1.82, 2.24) is 9.97 Å². The van der Waals surface area contributed by atoms with Crippen LogP contribution in [0.4, 0.5) is 0 Å². The van der Waals surface area contributed by atoms with E-state index < -0.39 is 0 Å². The van der Waals surface area contributed by atoms with Crippen LogP contribution in [0.15, 0.2) is 36.8 Å². The normalized spacial score (nSPS) is 12.3. The van der Waals surface area contributed by atoms with Crippen molar-refractivity contribution >= 4 is 6.29 Å². The molecule has 1 aromatic carbocycles. The van der Waals surface area contributed by atoms with E-state index in [0.717, 1.165) is 17.5 Å². The molecule has 1 aromatic heterocycles. The first kappa shape index (κ1) is 9.65. The third-order valence-electron chi connectivity index (χ3n) is 2.51. The third-order valence-corrected chi connectivity index (χ3v) is 2.51. The zero-order chi connectivity index (χ0) is 10.7. The van der Waals surface area contributed by atoms with Crippen LogP contribution in [-0.4, -0.2) is 16.3 Å². The summed E-state index contributed by atoms with van der Waals surface area (Å²) in [4.78, 5) is 17.8. The minimum Gasteiger partial charge on any atom is -0.351 e. The minimum absolute atomic E-state index is 0.205. The molecule has 1 heterocycles. The highest BCUT2D eigenvalue weighted by atomic mass is 16.1. The molecule has 0 fully saturated rings. The Bertz CT molecular complexity index is 448. The first-order valence-electron chi connectivity index (χ1n) is 4.85. The Kier molecular flexibility index (Phi) is 2.63. The first-order valence-corrected chi connectivity index (χ1v) is 4.85. The zero-order valence-electron chi connectivity index (χ0n) is 8.47. The van der Waals surface area contributed by atoms with Gasteiger partial charge >= 0.3 is 0 Å². The fraction of sp³-hybridized carbons (Fsp3) is 0.167. The van der Waals surface area contributed by atoms with Gasteiger partial charge in [-0.2, -0.15) is 0 Å². The second kappa shape index (κ2) is 4.09. The van der Waals surface area contributed by atoms with Crippen molar-refractivity contribution in [3.8, 4) is 0 Å². The molecule has 0 amide bonds. The quantitative estimate of drug-likeness (QED) is 0.773. The highest BCUT2D eigenvalue weighted by Crippen LogP contribution is 2.22. The van der Waals surface area contributed by atoms with E-state index in [0.29, 0.717) is 5.56 Å². The number of imidazole rings is 1. The average Bonchev–Trinajstić information content (AvgIpc) is 2.81. The predicted molar refractivity (Wildman–Crippen MR) is 57.9 cm³/mol. The summed E-state index contributed by atoms with van der Waals surface area (Å²) in [7, 11) is 0. The SMILES string of the molecule is CC(c1cccc(C=O)c1)c1c[nH]cn1. The number of nitrogens with zero attached hydrogens (tertiary/aromatic N) is 1. The molecule has 0 radical (unpaired) electrons. The minimum atomic E-state index is 0.205. The van der Waals surface area contributed by atoms with E-state index in [1.807, 2.05) is 24.4 Å². The molecule has 0 aliphatic carbocycles. The number of rotatable bonds is 3. The van der Waals surface area contributed by atoms with Gasteiger partial charge in [-0.3, -0.25) is 4.79 Å². The summed E-state index contributed by atoms with van der Waals surface area (Å²) in [5.74, 6) is 0.205. The Morgan fingerprint density at radius 2 is 2.33 bits per heavy atom. The first-order chi connectivity index (χ1) is 7.31. The number of aldehydes is 1. The molecule has 0 saturated carbocycles. The van der Waals surface area contributed by atoms with Crippen molar-refractivity contribution in [2.45, 2.75) is 12.8 Å². The largest absolute Gasteiger partial charge is 0.351 e. The van der Waals surface area contributed by atoms with Gasteiger partial charge in [-0.05, 0) is 11.6 Å². The number of hydrogen-bond acceptors (Lipinski definition) is 2. The van der Waals surface area contributed by atoms with Crippen molar-refractivity contribution in [3.63, 3.8) is 0 Å². The molecule has 2 rings (SSSR count). The fourth-order valence-corrected chi connectivity index (χ4v) is 1.58. The molecule has 3 heteroatoms. The van der Waals surface area contributed by atoms with Gasteiger partial charge in [0.2, 0.25) is 0 Å². The van der Waals surface area contributed by atoms with Gasteiger partial charge in [0.15, 0.2) is 0 Å². The van der Waals surface area contributed by atoms with Crippen LogP contribution in [0.5, 0.6) is 0 Å². The van der Waals surface area contributed by atoms with Crippen LogP contribution < -0.4 is 0 Å². The van der Waals surface area contributed by atoms with Crippen LogP contribution >= 0.6 is 0 Å². The van der Waals surface area contributed by atoms with E-state index in [-0.39, 0.29) is 5.92 Å². The number of benzene rings is 1. The van der Waals surface area contributed by atoms with Gasteiger partial charge in [0, 0.05) is 17.7 Å². The Hall–Kier alpha value is -1.90. The number of aromatic amines is 1. The maximum absolute atomic E-state index is 10.6. The fourth-order valence-electron chi connectivity index (χ4n) is 1.58. The number of nitrogens with one attached hydrogen (secondary N) is 1. The third kappa shape index (κ3) is 1.96. The van der Waals surface area contributed by atoms with Crippen molar-refractivity contribution in [2.24, 2.45) is 0 Å². The van der Waals surface area contributed by atoms with E-state index in [1.54, 1.807) is 12.4 Å². The summed E-state index contributed by atoms with van der Waals surface area (Å²) in [6, 6.07) is 7.59. The zero-order valence-corrected chi connectivity index (χ0v) is 8.47. The summed E-state index contributed by atoms with van der Waals surface area (Å²) >= 11 is 0. The number of aromatic nitrogens is 2. The molecule has 0 spiro atoms. The molecule has 1 N–H and O–H groups in total. The van der Waals surface area contributed by atoms with Crippen LogP contribution in [0.2, 0.25) is 0 Å². The summed E-state index contributed by atoms with van der Waals surface area (Å²) < 4.78 is 0. The van der Waals surface area contributed by atoms with Crippen molar-refractivity contribution in [2.75, 3.05) is 0 Å². The molecular weight excluding hydrogens is 188 g/mol. The molecular formula is C12H12N2O. The molecule has 0 aliphatic heterocycles. The Morgan fingerprint density at radius 3 is 3.00 bits per heavy atom. The van der Waals surface area contributed by atoms with Crippen LogP contribution in [0.3, 0.4) is 0 Å². The van der Waals surface area contributed by atoms with Gasteiger partial charge in [-0.25, -0.2) is 4.98 Å². The predicted octanol–water partition coefficient (Wildman–Crippen LogP) is 2.37. The Balaban J connectivity index is 2.33. The summed E-state index contributed by atoms with van der Waals surface area (Å²) in [5, 5.41) is 0. The highest BCUT2D eigenvalue weighted by Gasteiger charge is 2.10. The second-order valence-electron chi connectivity index (χ2n) is 3.50. The maximum atomic E-state index is 10.6. The van der Waals surface area contributed by atoms with E-state index in [9.17, 15) is 4.79 Å². The topological polar surface area (TPSA) is 45.8 Å². The molecule has 2 aromatic rings. The highest BCUT2D eigenvalue weighted by molar-refractivity contribution is 5.75. The van der Waals surface area contributed by atoms with Gasteiger partial charge in [0.05, 0.1) is 12.0 Å². The van der Waals surface area contributed by atoms with Gasteiger partial charge in [0.1, 0.15) is 6.29 Å². The summed E-state index contributed by atoms with van der Waals surface area (Å²) in [5.41, 5.74) is 2.79. The Morgan fingerprint density at radius 1 is 1.47 bits per heavy atom. The standard InChI is InChI=1S/C12H12N2O/c1-9(12-6-13-8-14-12)11-4-2-3-10(5-11)7-15/h2-9H,1H3,(H,13,14). The monoisotopic (exact) mass is 200 g/mol. The van der Waals surface area contributed by atoms with E-state index in [2.05, 4.69) is 16.9 Å². The molecule has 1 atom stereocenters. The van der Waals surface area contributed by atoms with E-state index in [4.69, 9.17) is 0 Å². The maximum Gasteiger partial charge on any atom is 0.150 e. The van der Waals surface area contributed by atoms with Crippen molar-refractivity contribution in [3.05, 3.63) is 53.6 Å². The number of carbonyl (C=O) groups is 1. The molecule has 0 aliphatic rings. The lowest BCUT2D eigenvalue weighted by Gasteiger charge is -2.08. The van der Waals surface area contributed by atoms with Gasteiger partial charge in [0.25, 0.3) is 0 Å².